The SMILES string of the molecule is COC1c2cccc(NC(=O)c3ccc(Cl)s3)c2C(=O)N1CCC1CCN(C(=O)O)C(C(C)(C)C)C1. The fourth-order valence-electron chi connectivity index (χ4n) is 5.30. The number of anilines is 1. The molecule has 194 valence electrons. The average molecular weight is 534 g/mol. The molecule has 2 aliphatic rings. The van der Waals surface area contributed by atoms with E-state index < -0.39 is 12.3 Å². The molecule has 2 aromatic rings. The lowest BCUT2D eigenvalue weighted by Crippen LogP contribution is -2.51. The molecule has 10 heteroatoms. The smallest absolute Gasteiger partial charge is 0.407 e. The van der Waals surface area contributed by atoms with Crippen molar-refractivity contribution in [2.24, 2.45) is 11.3 Å². The van der Waals surface area contributed by atoms with E-state index in [4.69, 9.17) is 16.3 Å². The molecule has 3 amide bonds. The number of likely N-dealkylation sites (tertiary alicyclic amines) is 1. The number of carboxylic acid groups (broad SMARTS) is 1. The van der Waals surface area contributed by atoms with Crippen LogP contribution in [-0.2, 0) is 4.74 Å². The number of thiophene rings is 1. The first-order valence-corrected chi connectivity index (χ1v) is 13.2. The van der Waals surface area contributed by atoms with E-state index in [0.29, 0.717) is 39.5 Å². The van der Waals surface area contributed by atoms with Crippen molar-refractivity contribution in [3.8, 4) is 0 Å². The summed E-state index contributed by atoms with van der Waals surface area (Å²) in [5.74, 6) is -0.215. The molecule has 1 fully saturated rings. The second-order valence-corrected chi connectivity index (χ2v) is 12.2. The molecule has 3 unspecified atom stereocenters. The van der Waals surface area contributed by atoms with E-state index in [9.17, 15) is 19.5 Å². The van der Waals surface area contributed by atoms with E-state index in [1.807, 2.05) is 6.07 Å². The first-order chi connectivity index (χ1) is 17.0. The number of rotatable bonds is 6. The van der Waals surface area contributed by atoms with E-state index in [-0.39, 0.29) is 23.3 Å². The van der Waals surface area contributed by atoms with Gasteiger partial charge in [0.2, 0.25) is 0 Å². The summed E-state index contributed by atoms with van der Waals surface area (Å²) in [5.41, 5.74) is 1.43. The monoisotopic (exact) mass is 533 g/mol. The molecule has 1 saturated heterocycles. The van der Waals surface area contributed by atoms with Crippen LogP contribution in [0.1, 0.15) is 71.9 Å². The number of methoxy groups -OCH3 is 1. The van der Waals surface area contributed by atoms with Crippen molar-refractivity contribution in [2.75, 3.05) is 25.5 Å². The van der Waals surface area contributed by atoms with Gasteiger partial charge in [0.15, 0.2) is 6.23 Å². The fourth-order valence-corrected chi connectivity index (χ4v) is 6.24. The maximum atomic E-state index is 13.5. The van der Waals surface area contributed by atoms with Gasteiger partial charge in [-0.25, -0.2) is 4.79 Å². The summed E-state index contributed by atoms with van der Waals surface area (Å²) in [6.45, 7) is 7.17. The molecule has 0 bridgehead atoms. The van der Waals surface area contributed by atoms with Gasteiger partial charge < -0.3 is 25.0 Å². The summed E-state index contributed by atoms with van der Waals surface area (Å²) < 4.78 is 6.24. The number of amides is 3. The average Bonchev–Trinajstić information content (AvgIpc) is 3.38. The molecule has 3 heterocycles. The van der Waals surface area contributed by atoms with Crippen LogP contribution < -0.4 is 5.32 Å². The highest BCUT2D eigenvalue weighted by Gasteiger charge is 2.41. The predicted molar refractivity (Wildman–Crippen MR) is 140 cm³/mol. The zero-order valence-corrected chi connectivity index (χ0v) is 22.5. The summed E-state index contributed by atoms with van der Waals surface area (Å²) in [4.78, 5) is 41.7. The third kappa shape index (κ3) is 5.23. The molecule has 4 rings (SSSR count). The van der Waals surface area contributed by atoms with Crippen molar-refractivity contribution >= 4 is 46.5 Å². The molecule has 2 N–H and O–H groups in total. The fraction of sp³-hybridized carbons (Fsp3) is 0.500. The molecule has 3 atom stereocenters. The number of carbonyl (C=O) groups excluding carboxylic acids is 2. The van der Waals surface area contributed by atoms with Crippen LogP contribution in [0.2, 0.25) is 4.34 Å². The molecule has 0 saturated carbocycles. The third-order valence-electron chi connectivity index (χ3n) is 7.12. The third-order valence-corrected chi connectivity index (χ3v) is 8.35. The van der Waals surface area contributed by atoms with Crippen molar-refractivity contribution < 1.29 is 24.2 Å². The summed E-state index contributed by atoms with van der Waals surface area (Å²) >= 11 is 7.14. The van der Waals surface area contributed by atoms with Crippen LogP contribution >= 0.6 is 22.9 Å². The number of nitrogens with one attached hydrogen (secondary N) is 1. The van der Waals surface area contributed by atoms with E-state index in [1.165, 1.54) is 11.3 Å². The van der Waals surface area contributed by atoms with Crippen LogP contribution in [0.25, 0.3) is 0 Å². The quantitative estimate of drug-likeness (QED) is 0.478. The Morgan fingerprint density at radius 3 is 2.61 bits per heavy atom. The molecule has 1 aromatic heterocycles. The Morgan fingerprint density at radius 1 is 1.25 bits per heavy atom. The van der Waals surface area contributed by atoms with Crippen molar-refractivity contribution in [3.05, 3.63) is 50.7 Å². The minimum Gasteiger partial charge on any atom is -0.465 e. The lowest BCUT2D eigenvalue weighted by Gasteiger charge is -2.45. The Bertz CT molecular complexity index is 1160. The first-order valence-electron chi connectivity index (χ1n) is 12.0. The van der Waals surface area contributed by atoms with Crippen LogP contribution in [0.4, 0.5) is 10.5 Å². The zero-order valence-electron chi connectivity index (χ0n) is 20.9. The van der Waals surface area contributed by atoms with Crippen LogP contribution in [-0.4, -0.2) is 59.1 Å². The van der Waals surface area contributed by atoms with Gasteiger partial charge in [-0.1, -0.05) is 44.5 Å². The minimum atomic E-state index is -0.877. The number of fused-ring (bicyclic) bond motifs is 1. The number of nitrogens with zero attached hydrogens (tertiary/aromatic N) is 2. The Kier molecular flexibility index (Phi) is 7.64. The summed E-state index contributed by atoms with van der Waals surface area (Å²) in [5, 5.41) is 12.5. The topological polar surface area (TPSA) is 99.2 Å². The van der Waals surface area contributed by atoms with Gasteiger partial charge in [-0.3, -0.25) is 9.59 Å². The number of ether oxygens (including phenoxy) is 1. The number of piperidine rings is 1. The highest BCUT2D eigenvalue weighted by Crippen LogP contribution is 2.40. The normalized spacial score (nSPS) is 22.0. The Morgan fingerprint density at radius 2 is 2.00 bits per heavy atom. The van der Waals surface area contributed by atoms with Gasteiger partial charge >= 0.3 is 6.09 Å². The summed E-state index contributed by atoms with van der Waals surface area (Å²) in [6, 6.07) is 8.60. The van der Waals surface area contributed by atoms with Gasteiger partial charge in [0, 0.05) is 31.8 Å². The molecule has 1 aromatic carbocycles. The number of hydrogen-bond acceptors (Lipinski definition) is 5. The van der Waals surface area contributed by atoms with Gasteiger partial charge in [0.25, 0.3) is 11.8 Å². The Balaban J connectivity index is 1.48. The van der Waals surface area contributed by atoms with Crippen molar-refractivity contribution in [1.29, 1.82) is 0 Å². The van der Waals surface area contributed by atoms with Gasteiger partial charge in [0.1, 0.15) is 0 Å². The van der Waals surface area contributed by atoms with Gasteiger partial charge in [-0.05, 0) is 48.8 Å². The zero-order chi connectivity index (χ0) is 26.2. The van der Waals surface area contributed by atoms with Gasteiger partial charge in [-0.2, -0.15) is 0 Å². The molecular formula is C26H32ClN3O5S. The second kappa shape index (κ2) is 10.4. The first kappa shape index (κ1) is 26.4. The van der Waals surface area contributed by atoms with E-state index in [1.54, 1.807) is 41.2 Å². The Hall–Kier alpha value is -2.62. The maximum Gasteiger partial charge on any atom is 0.407 e. The predicted octanol–water partition coefficient (Wildman–Crippen LogP) is 5.95. The van der Waals surface area contributed by atoms with Gasteiger partial charge in [-0.15, -0.1) is 11.3 Å². The second-order valence-electron chi connectivity index (χ2n) is 10.5. The van der Waals surface area contributed by atoms with E-state index >= 15 is 0 Å². The van der Waals surface area contributed by atoms with E-state index in [0.717, 1.165) is 24.8 Å². The summed E-state index contributed by atoms with van der Waals surface area (Å²) in [6.07, 6.45) is 0.841. The van der Waals surface area contributed by atoms with Crippen molar-refractivity contribution in [3.63, 3.8) is 0 Å². The molecular weight excluding hydrogens is 502 g/mol. The standard InChI is InChI=1S/C26H32ClN3O5S/c1-26(2,3)19-14-15(10-12-29(19)25(33)34)11-13-30-23(32)21-16(24(30)35-4)6-5-7-17(21)28-22(31)18-8-9-20(27)36-18/h5-9,15,19,24H,10-14H2,1-4H3,(H,28,31)(H,33,34). The van der Waals surface area contributed by atoms with Gasteiger partial charge in [0.05, 0.1) is 20.5 Å². The maximum absolute atomic E-state index is 13.5. The molecule has 36 heavy (non-hydrogen) atoms. The highest BCUT2D eigenvalue weighted by molar-refractivity contribution is 7.18. The van der Waals surface area contributed by atoms with Crippen LogP contribution in [0.15, 0.2) is 30.3 Å². The van der Waals surface area contributed by atoms with E-state index in [2.05, 4.69) is 26.1 Å². The summed E-state index contributed by atoms with van der Waals surface area (Å²) in [7, 11) is 1.57. The lowest BCUT2D eigenvalue weighted by atomic mass is 9.76. The lowest BCUT2D eigenvalue weighted by molar-refractivity contribution is -0.0177. The highest BCUT2D eigenvalue weighted by atomic mass is 35.5. The Labute approximate surface area is 220 Å². The largest absolute Gasteiger partial charge is 0.465 e. The van der Waals surface area contributed by atoms with Crippen molar-refractivity contribution in [1.82, 2.24) is 9.80 Å². The molecule has 0 spiro atoms. The molecule has 0 aliphatic carbocycles. The number of hydrogen-bond donors (Lipinski definition) is 2. The minimum absolute atomic E-state index is 0.0778. The molecule has 0 radical (unpaired) electrons. The van der Waals surface area contributed by atoms with Crippen LogP contribution in [0.3, 0.4) is 0 Å². The van der Waals surface area contributed by atoms with Crippen LogP contribution in [0, 0.1) is 11.3 Å². The number of carbonyl (C=O) groups is 3. The molecule has 2 aliphatic heterocycles. The number of halogens is 1. The van der Waals surface area contributed by atoms with Crippen LogP contribution in [0.5, 0.6) is 0 Å². The van der Waals surface area contributed by atoms with Crippen molar-refractivity contribution in [2.45, 2.75) is 52.3 Å². The number of benzene rings is 1. The molecule has 8 nitrogen and oxygen atoms in total.